The summed E-state index contributed by atoms with van der Waals surface area (Å²) in [7, 11) is 0. The average Bonchev–Trinajstić information content (AvgIpc) is 2.81. The lowest BCUT2D eigenvalue weighted by molar-refractivity contribution is -0.136. The number of unbranched alkanes of at least 4 members (excludes halogenated alkanes) is 14. The predicted molar refractivity (Wildman–Crippen MR) is 165 cm³/mol. The fraction of sp³-hybridized carbons (Fsp3) is 0.743. The maximum atomic E-state index is 11.4. The minimum absolute atomic E-state index is 0.0950. The molecular formula is C35H60O3. The van der Waals surface area contributed by atoms with Gasteiger partial charge in [-0.2, -0.15) is 0 Å². The standard InChI is InChI=1S/C35H60O3/c1-8-9-10-11-12-13-14-15-16-17-18-19-20-21-22-23-24-29-28(25-26-31(36)37)27-30(34(2,3)4)33(38)32(29)35(5,6)7/h23-24,27,38H,8-22,25-26H2,1-7H3,(H,36,37). The molecule has 0 saturated carbocycles. The minimum atomic E-state index is -0.787. The Bertz CT molecular complexity index is 836. The number of allylic oxidation sites excluding steroid dienone is 1. The number of aromatic hydroxyl groups is 1. The summed E-state index contributed by atoms with van der Waals surface area (Å²) in [4.78, 5) is 11.4. The first kappa shape index (κ1) is 34.3. The van der Waals surface area contributed by atoms with Crippen molar-refractivity contribution in [2.24, 2.45) is 0 Å². The number of aryl methyl sites for hydroxylation is 1. The van der Waals surface area contributed by atoms with Gasteiger partial charge in [0, 0.05) is 12.0 Å². The number of phenols is 1. The highest BCUT2D eigenvalue weighted by molar-refractivity contribution is 5.70. The fourth-order valence-electron chi connectivity index (χ4n) is 5.37. The Hall–Kier alpha value is -1.77. The third kappa shape index (κ3) is 13.3. The molecule has 0 aliphatic carbocycles. The number of benzene rings is 1. The van der Waals surface area contributed by atoms with Crippen LogP contribution in [0.5, 0.6) is 5.75 Å². The van der Waals surface area contributed by atoms with Crippen LogP contribution >= 0.6 is 0 Å². The Balaban J connectivity index is 2.61. The summed E-state index contributed by atoms with van der Waals surface area (Å²) in [5, 5.41) is 20.7. The van der Waals surface area contributed by atoms with Gasteiger partial charge in [0.2, 0.25) is 0 Å². The Labute approximate surface area is 235 Å². The number of aliphatic carboxylic acids is 1. The van der Waals surface area contributed by atoms with Gasteiger partial charge in [-0.05, 0) is 46.8 Å². The topological polar surface area (TPSA) is 57.5 Å². The molecule has 3 heteroatoms. The van der Waals surface area contributed by atoms with Crippen LogP contribution in [0.15, 0.2) is 12.1 Å². The van der Waals surface area contributed by atoms with Gasteiger partial charge < -0.3 is 10.2 Å². The van der Waals surface area contributed by atoms with E-state index < -0.39 is 5.97 Å². The first-order chi connectivity index (χ1) is 17.9. The number of rotatable bonds is 19. The molecule has 2 N–H and O–H groups in total. The number of hydrogen-bond acceptors (Lipinski definition) is 2. The molecule has 218 valence electrons. The van der Waals surface area contributed by atoms with E-state index in [2.05, 4.69) is 60.6 Å². The largest absolute Gasteiger partial charge is 0.507 e. The van der Waals surface area contributed by atoms with Crippen molar-refractivity contribution in [3.63, 3.8) is 0 Å². The monoisotopic (exact) mass is 528 g/mol. The molecule has 0 unspecified atom stereocenters. The zero-order valence-electron chi connectivity index (χ0n) is 26.1. The average molecular weight is 529 g/mol. The Morgan fingerprint density at radius 1 is 0.763 bits per heavy atom. The van der Waals surface area contributed by atoms with Gasteiger partial charge in [0.05, 0.1) is 0 Å². The molecule has 0 aliphatic heterocycles. The number of carboxylic acids is 1. The number of hydrogen-bond donors (Lipinski definition) is 2. The maximum Gasteiger partial charge on any atom is 0.303 e. The molecule has 0 heterocycles. The second-order valence-electron chi connectivity index (χ2n) is 13.4. The lowest BCUT2D eigenvalue weighted by atomic mass is 9.75. The van der Waals surface area contributed by atoms with E-state index >= 15 is 0 Å². The van der Waals surface area contributed by atoms with E-state index in [0.717, 1.165) is 28.7 Å². The summed E-state index contributed by atoms with van der Waals surface area (Å²) in [5.41, 5.74) is 3.39. The molecule has 0 fully saturated rings. The van der Waals surface area contributed by atoms with Gasteiger partial charge in [0.15, 0.2) is 0 Å². The number of phenolic OH excluding ortho intramolecular Hbond substituents is 1. The summed E-state index contributed by atoms with van der Waals surface area (Å²) in [5.74, 6) is -0.426. The molecule has 38 heavy (non-hydrogen) atoms. The Kier molecular flexibility index (Phi) is 16.0. The third-order valence-corrected chi connectivity index (χ3v) is 7.60. The lowest BCUT2D eigenvalue weighted by Crippen LogP contribution is -2.20. The quantitative estimate of drug-likeness (QED) is 0.176. The Morgan fingerprint density at radius 2 is 1.24 bits per heavy atom. The van der Waals surface area contributed by atoms with Crippen LogP contribution < -0.4 is 0 Å². The molecule has 1 rings (SSSR count). The van der Waals surface area contributed by atoms with E-state index in [1.165, 1.54) is 89.9 Å². The van der Waals surface area contributed by atoms with Crippen molar-refractivity contribution >= 4 is 12.0 Å². The second kappa shape index (κ2) is 17.7. The SMILES string of the molecule is CCCCCCCCCCCCCCCCC=Cc1c(CCC(=O)O)cc(C(C)(C)C)c(O)c1C(C)(C)C. The summed E-state index contributed by atoms with van der Waals surface area (Å²) >= 11 is 0. The molecule has 1 aromatic carbocycles. The van der Waals surface area contributed by atoms with Gasteiger partial charge in [-0.15, -0.1) is 0 Å². The lowest BCUT2D eigenvalue weighted by Gasteiger charge is -2.30. The van der Waals surface area contributed by atoms with Crippen LogP contribution in [0.4, 0.5) is 0 Å². The van der Waals surface area contributed by atoms with Crippen molar-refractivity contribution in [1.29, 1.82) is 0 Å². The number of carboxylic acid groups (broad SMARTS) is 1. The van der Waals surface area contributed by atoms with Gasteiger partial charge in [-0.3, -0.25) is 4.79 Å². The molecule has 0 radical (unpaired) electrons. The summed E-state index contributed by atoms with van der Waals surface area (Å²) in [6.07, 6.45) is 25.0. The molecular weight excluding hydrogens is 468 g/mol. The molecule has 0 bridgehead atoms. The highest BCUT2D eigenvalue weighted by Crippen LogP contribution is 2.43. The second-order valence-corrected chi connectivity index (χ2v) is 13.4. The molecule has 0 atom stereocenters. The number of carbonyl (C=O) groups is 1. The third-order valence-electron chi connectivity index (χ3n) is 7.60. The van der Waals surface area contributed by atoms with Gasteiger partial charge in [-0.1, -0.05) is 150 Å². The van der Waals surface area contributed by atoms with E-state index in [9.17, 15) is 15.0 Å². The van der Waals surface area contributed by atoms with Crippen molar-refractivity contribution in [2.75, 3.05) is 0 Å². The van der Waals surface area contributed by atoms with Crippen molar-refractivity contribution in [3.05, 3.63) is 34.4 Å². The summed E-state index contributed by atoms with van der Waals surface area (Å²) < 4.78 is 0. The van der Waals surface area contributed by atoms with Crippen LogP contribution in [0, 0.1) is 0 Å². The van der Waals surface area contributed by atoms with Crippen molar-refractivity contribution < 1.29 is 15.0 Å². The van der Waals surface area contributed by atoms with Gasteiger partial charge in [0.25, 0.3) is 0 Å². The zero-order chi connectivity index (χ0) is 28.6. The van der Waals surface area contributed by atoms with Crippen LogP contribution in [0.1, 0.15) is 173 Å². The highest BCUT2D eigenvalue weighted by Gasteiger charge is 2.29. The first-order valence-corrected chi connectivity index (χ1v) is 15.7. The molecule has 0 spiro atoms. The normalized spacial score (nSPS) is 12.5. The molecule has 0 aliphatic rings. The maximum absolute atomic E-state index is 11.4. The van der Waals surface area contributed by atoms with Gasteiger partial charge in [-0.25, -0.2) is 0 Å². The van der Waals surface area contributed by atoms with Gasteiger partial charge >= 0.3 is 5.97 Å². The van der Waals surface area contributed by atoms with Crippen molar-refractivity contribution in [3.8, 4) is 5.75 Å². The highest BCUT2D eigenvalue weighted by atomic mass is 16.4. The molecule has 0 saturated heterocycles. The minimum Gasteiger partial charge on any atom is -0.507 e. The van der Waals surface area contributed by atoms with Crippen LogP contribution in [0.2, 0.25) is 0 Å². The van der Waals surface area contributed by atoms with Crippen LogP contribution in [0.3, 0.4) is 0 Å². The smallest absolute Gasteiger partial charge is 0.303 e. The predicted octanol–water partition coefficient (Wildman–Crippen LogP) is 10.9. The summed E-state index contributed by atoms with van der Waals surface area (Å²) in [6.45, 7) is 14.9. The van der Waals surface area contributed by atoms with Crippen LogP contribution in [0.25, 0.3) is 6.08 Å². The Morgan fingerprint density at radius 3 is 1.66 bits per heavy atom. The van der Waals surface area contributed by atoms with E-state index in [4.69, 9.17) is 0 Å². The zero-order valence-corrected chi connectivity index (χ0v) is 26.1. The fourth-order valence-corrected chi connectivity index (χ4v) is 5.37. The molecule has 3 nitrogen and oxygen atoms in total. The van der Waals surface area contributed by atoms with Crippen molar-refractivity contribution in [1.82, 2.24) is 0 Å². The van der Waals surface area contributed by atoms with Crippen LogP contribution in [-0.2, 0) is 22.0 Å². The molecule has 1 aromatic rings. The van der Waals surface area contributed by atoms with E-state index in [1.54, 1.807) is 0 Å². The summed E-state index contributed by atoms with van der Waals surface area (Å²) in [6, 6.07) is 2.04. The molecule has 0 amide bonds. The first-order valence-electron chi connectivity index (χ1n) is 15.7. The van der Waals surface area contributed by atoms with Crippen LogP contribution in [-0.4, -0.2) is 16.2 Å². The van der Waals surface area contributed by atoms with E-state index in [1.807, 2.05) is 6.07 Å². The molecule has 0 aromatic heterocycles. The van der Waals surface area contributed by atoms with Crippen molar-refractivity contribution in [2.45, 2.75) is 168 Å². The van der Waals surface area contributed by atoms with E-state index in [0.29, 0.717) is 12.2 Å². The van der Waals surface area contributed by atoms with E-state index in [-0.39, 0.29) is 17.3 Å². The van der Waals surface area contributed by atoms with Gasteiger partial charge in [0.1, 0.15) is 5.75 Å².